The molecule has 1 aromatic rings. The zero-order valence-corrected chi connectivity index (χ0v) is 10.5. The van der Waals surface area contributed by atoms with Gasteiger partial charge in [-0.05, 0) is 24.1 Å². The summed E-state index contributed by atoms with van der Waals surface area (Å²) < 4.78 is 0. The van der Waals surface area contributed by atoms with E-state index in [9.17, 15) is 0 Å². The van der Waals surface area contributed by atoms with E-state index in [1.165, 1.54) is 24.2 Å². The fourth-order valence-corrected chi connectivity index (χ4v) is 2.15. The molecule has 0 bridgehead atoms. The van der Waals surface area contributed by atoms with Gasteiger partial charge in [0.1, 0.15) is 0 Å². The Bertz CT molecular complexity index is 323. The average Bonchev–Trinajstić information content (AvgIpc) is 2.23. The average molecular weight is 218 g/mol. The predicted molar refractivity (Wildman–Crippen MR) is 68.7 cm³/mol. The third kappa shape index (κ3) is 2.63. The van der Waals surface area contributed by atoms with Crippen LogP contribution in [0.15, 0.2) is 24.3 Å². The van der Waals surface area contributed by atoms with Crippen molar-refractivity contribution in [3.63, 3.8) is 0 Å². The number of benzene rings is 1. The molecular formula is C14H22N2. The summed E-state index contributed by atoms with van der Waals surface area (Å²) in [5.74, 6) is 0.631. The summed E-state index contributed by atoms with van der Waals surface area (Å²) in [5, 5.41) is 3.30. The molecule has 0 spiro atoms. The fraction of sp³-hybridized carbons (Fsp3) is 0.571. The number of rotatable bonds is 4. The minimum Gasteiger partial charge on any atom is -0.315 e. The summed E-state index contributed by atoms with van der Waals surface area (Å²) in [6.07, 6.45) is 0. The molecule has 1 heterocycles. The van der Waals surface area contributed by atoms with Gasteiger partial charge in [-0.2, -0.15) is 0 Å². The Morgan fingerprint density at radius 2 is 1.88 bits per heavy atom. The van der Waals surface area contributed by atoms with Crippen molar-refractivity contribution >= 4 is 0 Å². The van der Waals surface area contributed by atoms with Gasteiger partial charge in [-0.3, -0.25) is 4.90 Å². The van der Waals surface area contributed by atoms with E-state index in [-0.39, 0.29) is 0 Å². The Hall–Kier alpha value is -0.860. The molecule has 0 aliphatic carbocycles. The summed E-state index contributed by atoms with van der Waals surface area (Å²) in [7, 11) is 2.04. The monoisotopic (exact) mass is 218 g/mol. The van der Waals surface area contributed by atoms with E-state index in [1.807, 2.05) is 7.05 Å². The predicted octanol–water partition coefficient (Wildman–Crippen LogP) is 2.21. The van der Waals surface area contributed by atoms with Crippen molar-refractivity contribution in [2.45, 2.75) is 32.4 Å². The van der Waals surface area contributed by atoms with Crippen molar-refractivity contribution in [1.82, 2.24) is 10.2 Å². The SMILES string of the molecule is CNC1CN(Cc2ccc(C(C)C)cc2)C1. The Balaban J connectivity index is 1.86. The summed E-state index contributed by atoms with van der Waals surface area (Å²) in [4.78, 5) is 2.48. The lowest BCUT2D eigenvalue weighted by atomic mass is 10.0. The van der Waals surface area contributed by atoms with Gasteiger partial charge < -0.3 is 5.32 Å². The second-order valence-electron chi connectivity index (χ2n) is 5.08. The highest BCUT2D eigenvalue weighted by Gasteiger charge is 2.24. The largest absolute Gasteiger partial charge is 0.315 e. The lowest BCUT2D eigenvalue weighted by Crippen LogP contribution is -2.56. The molecule has 1 aromatic carbocycles. The van der Waals surface area contributed by atoms with Gasteiger partial charge in [-0.15, -0.1) is 0 Å². The number of nitrogens with zero attached hydrogens (tertiary/aromatic N) is 1. The molecule has 2 nitrogen and oxygen atoms in total. The Kier molecular flexibility index (Phi) is 3.62. The van der Waals surface area contributed by atoms with Gasteiger partial charge >= 0.3 is 0 Å². The van der Waals surface area contributed by atoms with Crippen molar-refractivity contribution in [2.75, 3.05) is 20.1 Å². The zero-order valence-electron chi connectivity index (χ0n) is 10.5. The molecule has 0 unspecified atom stereocenters. The van der Waals surface area contributed by atoms with Crippen molar-refractivity contribution in [3.8, 4) is 0 Å². The molecule has 2 rings (SSSR count). The summed E-state index contributed by atoms with van der Waals surface area (Å²) in [6, 6.07) is 9.75. The molecule has 0 radical (unpaired) electrons. The van der Waals surface area contributed by atoms with Crippen molar-refractivity contribution in [3.05, 3.63) is 35.4 Å². The van der Waals surface area contributed by atoms with Crippen molar-refractivity contribution < 1.29 is 0 Å². The van der Waals surface area contributed by atoms with Crippen LogP contribution in [0.3, 0.4) is 0 Å². The molecule has 1 aliphatic heterocycles. The molecule has 88 valence electrons. The van der Waals surface area contributed by atoms with Gasteiger partial charge in [0.15, 0.2) is 0 Å². The Labute approximate surface area is 98.7 Å². The quantitative estimate of drug-likeness (QED) is 0.833. The third-order valence-corrected chi connectivity index (χ3v) is 3.42. The van der Waals surface area contributed by atoms with E-state index in [0.717, 1.165) is 6.54 Å². The maximum absolute atomic E-state index is 3.30. The molecule has 1 fully saturated rings. The van der Waals surface area contributed by atoms with E-state index < -0.39 is 0 Å². The molecule has 16 heavy (non-hydrogen) atoms. The summed E-state index contributed by atoms with van der Waals surface area (Å²) in [5.41, 5.74) is 2.86. The molecule has 1 aliphatic rings. The van der Waals surface area contributed by atoms with E-state index in [0.29, 0.717) is 12.0 Å². The molecule has 0 saturated carbocycles. The molecular weight excluding hydrogens is 196 g/mol. The van der Waals surface area contributed by atoms with E-state index in [1.54, 1.807) is 0 Å². The first-order valence-electron chi connectivity index (χ1n) is 6.17. The Morgan fingerprint density at radius 1 is 1.25 bits per heavy atom. The highest BCUT2D eigenvalue weighted by molar-refractivity contribution is 5.24. The van der Waals surface area contributed by atoms with Crippen LogP contribution >= 0.6 is 0 Å². The summed E-state index contributed by atoms with van der Waals surface area (Å²) in [6.45, 7) is 7.94. The van der Waals surface area contributed by atoms with E-state index in [4.69, 9.17) is 0 Å². The van der Waals surface area contributed by atoms with Crippen LogP contribution in [0.25, 0.3) is 0 Å². The van der Waals surface area contributed by atoms with Crippen LogP contribution in [0.2, 0.25) is 0 Å². The number of hydrogen-bond acceptors (Lipinski definition) is 2. The lowest BCUT2D eigenvalue weighted by Gasteiger charge is -2.39. The van der Waals surface area contributed by atoms with Crippen LogP contribution in [0, 0.1) is 0 Å². The van der Waals surface area contributed by atoms with Crippen molar-refractivity contribution in [1.29, 1.82) is 0 Å². The normalized spacial score (nSPS) is 17.8. The molecule has 0 aromatic heterocycles. The van der Waals surface area contributed by atoms with Crippen molar-refractivity contribution in [2.24, 2.45) is 0 Å². The van der Waals surface area contributed by atoms with Gasteiger partial charge in [0.05, 0.1) is 0 Å². The number of hydrogen-bond donors (Lipinski definition) is 1. The van der Waals surface area contributed by atoms with Crippen LogP contribution in [-0.2, 0) is 6.54 Å². The first kappa shape index (κ1) is 11.6. The molecule has 0 amide bonds. The summed E-state index contributed by atoms with van der Waals surface area (Å²) >= 11 is 0. The maximum Gasteiger partial charge on any atom is 0.0320 e. The highest BCUT2D eigenvalue weighted by Crippen LogP contribution is 2.17. The second kappa shape index (κ2) is 4.98. The van der Waals surface area contributed by atoms with E-state index >= 15 is 0 Å². The van der Waals surface area contributed by atoms with Crippen LogP contribution in [0.5, 0.6) is 0 Å². The molecule has 1 saturated heterocycles. The zero-order chi connectivity index (χ0) is 11.5. The lowest BCUT2D eigenvalue weighted by molar-refractivity contribution is 0.124. The molecule has 0 atom stereocenters. The third-order valence-electron chi connectivity index (χ3n) is 3.42. The molecule has 1 N–H and O–H groups in total. The van der Waals surface area contributed by atoms with Gasteiger partial charge in [0, 0.05) is 25.7 Å². The Morgan fingerprint density at radius 3 is 2.38 bits per heavy atom. The smallest absolute Gasteiger partial charge is 0.0320 e. The van der Waals surface area contributed by atoms with Crippen LogP contribution in [0.4, 0.5) is 0 Å². The number of likely N-dealkylation sites (N-methyl/N-ethyl adjacent to an activating group) is 1. The first-order chi connectivity index (χ1) is 7.69. The van der Waals surface area contributed by atoms with Crippen LogP contribution in [-0.4, -0.2) is 31.1 Å². The number of likely N-dealkylation sites (tertiary alicyclic amines) is 1. The van der Waals surface area contributed by atoms with Gasteiger partial charge in [-0.1, -0.05) is 38.1 Å². The fourth-order valence-electron chi connectivity index (χ4n) is 2.15. The second-order valence-corrected chi connectivity index (χ2v) is 5.08. The topological polar surface area (TPSA) is 15.3 Å². The number of nitrogens with one attached hydrogen (secondary N) is 1. The van der Waals surface area contributed by atoms with Crippen LogP contribution < -0.4 is 5.32 Å². The highest BCUT2D eigenvalue weighted by atomic mass is 15.2. The van der Waals surface area contributed by atoms with Gasteiger partial charge in [0.25, 0.3) is 0 Å². The van der Waals surface area contributed by atoms with Crippen LogP contribution in [0.1, 0.15) is 30.9 Å². The minimum atomic E-state index is 0.631. The standard InChI is InChI=1S/C14H22N2/c1-11(2)13-6-4-12(5-7-13)8-16-9-14(10-16)15-3/h4-7,11,14-15H,8-10H2,1-3H3. The minimum absolute atomic E-state index is 0.631. The van der Waals surface area contributed by atoms with Gasteiger partial charge in [0.2, 0.25) is 0 Å². The van der Waals surface area contributed by atoms with E-state index in [2.05, 4.69) is 48.3 Å². The molecule has 2 heteroatoms. The maximum atomic E-state index is 3.30. The van der Waals surface area contributed by atoms with Gasteiger partial charge in [-0.25, -0.2) is 0 Å². The first-order valence-corrected chi connectivity index (χ1v) is 6.17.